The van der Waals surface area contributed by atoms with Crippen LogP contribution in [0.15, 0.2) is 54.7 Å². The first-order chi connectivity index (χ1) is 13.1. The molecule has 4 rings (SSSR count). The average molecular weight is 357 g/mol. The number of aliphatic hydroxyl groups is 1. The zero-order valence-corrected chi connectivity index (χ0v) is 15.6. The molecule has 136 valence electrons. The number of pyridine rings is 2. The molecule has 2 heterocycles. The third kappa shape index (κ3) is 3.13. The monoisotopic (exact) mass is 357 g/mol. The Kier molecular flexibility index (Phi) is 4.50. The van der Waals surface area contributed by atoms with E-state index in [4.69, 9.17) is 5.73 Å². The molecular weight excluding hydrogens is 334 g/mol. The van der Waals surface area contributed by atoms with Gasteiger partial charge >= 0.3 is 0 Å². The number of aromatic nitrogens is 2. The van der Waals surface area contributed by atoms with Gasteiger partial charge in [-0.15, -0.1) is 0 Å². The molecule has 4 aromatic rings. The summed E-state index contributed by atoms with van der Waals surface area (Å²) in [7, 11) is 0. The van der Waals surface area contributed by atoms with Gasteiger partial charge in [-0.1, -0.05) is 55.0 Å². The Morgan fingerprint density at radius 1 is 1.07 bits per heavy atom. The lowest BCUT2D eigenvalue weighted by atomic mass is 9.89. The number of hydrogen-bond donors (Lipinski definition) is 2. The van der Waals surface area contributed by atoms with E-state index in [1.54, 1.807) is 0 Å². The van der Waals surface area contributed by atoms with Crippen LogP contribution >= 0.6 is 0 Å². The van der Waals surface area contributed by atoms with Gasteiger partial charge in [-0.25, -0.2) is 4.98 Å². The average Bonchev–Trinajstić information content (AvgIpc) is 2.68. The molecule has 0 aliphatic rings. The maximum absolute atomic E-state index is 10.2. The van der Waals surface area contributed by atoms with E-state index >= 15 is 0 Å². The first kappa shape index (κ1) is 17.4. The summed E-state index contributed by atoms with van der Waals surface area (Å²) in [5.41, 5.74) is 12.1. The molecule has 4 heteroatoms. The maximum atomic E-state index is 10.2. The van der Waals surface area contributed by atoms with E-state index in [2.05, 4.69) is 48.1 Å². The molecule has 0 fully saturated rings. The highest BCUT2D eigenvalue weighted by Crippen LogP contribution is 2.34. The number of fused-ring (bicyclic) bond motifs is 3. The molecule has 0 amide bonds. The number of hydrogen-bond acceptors (Lipinski definition) is 4. The van der Waals surface area contributed by atoms with Crippen LogP contribution in [-0.2, 0) is 13.0 Å². The van der Waals surface area contributed by atoms with Crippen molar-refractivity contribution in [3.63, 3.8) is 0 Å². The van der Waals surface area contributed by atoms with Crippen LogP contribution in [0.5, 0.6) is 0 Å². The number of nitrogen functional groups attached to an aromatic ring is 1. The molecule has 0 aliphatic carbocycles. The van der Waals surface area contributed by atoms with Crippen LogP contribution in [0.25, 0.3) is 21.8 Å². The van der Waals surface area contributed by atoms with Crippen molar-refractivity contribution < 1.29 is 5.11 Å². The lowest BCUT2D eigenvalue weighted by molar-refractivity contribution is 0.281. The highest BCUT2D eigenvalue weighted by atomic mass is 16.3. The van der Waals surface area contributed by atoms with Gasteiger partial charge in [0.2, 0.25) is 0 Å². The van der Waals surface area contributed by atoms with Gasteiger partial charge in [-0.05, 0) is 42.0 Å². The molecule has 27 heavy (non-hydrogen) atoms. The highest BCUT2D eigenvalue weighted by Gasteiger charge is 2.18. The summed E-state index contributed by atoms with van der Waals surface area (Å²) in [4.78, 5) is 9.08. The fourth-order valence-corrected chi connectivity index (χ4v) is 3.80. The lowest BCUT2D eigenvalue weighted by Gasteiger charge is -2.18. The van der Waals surface area contributed by atoms with Gasteiger partial charge in [-0.2, -0.15) is 0 Å². The molecule has 0 spiro atoms. The molecule has 3 N–H and O–H groups in total. The maximum Gasteiger partial charge on any atom is 0.150 e. The minimum absolute atomic E-state index is 0.0555. The second kappa shape index (κ2) is 6.97. The topological polar surface area (TPSA) is 72.0 Å². The van der Waals surface area contributed by atoms with Gasteiger partial charge in [0.25, 0.3) is 0 Å². The van der Waals surface area contributed by atoms with Crippen LogP contribution in [0.1, 0.15) is 35.1 Å². The zero-order valence-electron chi connectivity index (χ0n) is 15.6. The largest absolute Gasteiger partial charge is 0.392 e. The van der Waals surface area contributed by atoms with Crippen molar-refractivity contribution in [2.45, 2.75) is 32.8 Å². The SMILES string of the molecule is Cc1ccc(CC(C)c2cnc3c(N)nc4ccccc4c3c2CO)cc1. The minimum atomic E-state index is -0.0555. The molecule has 4 nitrogen and oxygen atoms in total. The van der Waals surface area contributed by atoms with E-state index in [1.165, 1.54) is 11.1 Å². The molecule has 0 radical (unpaired) electrons. The number of nitrogens with two attached hydrogens (primary N) is 1. The van der Waals surface area contributed by atoms with Crippen molar-refractivity contribution in [3.8, 4) is 0 Å². The predicted octanol–water partition coefficient (Wildman–Crippen LogP) is 4.51. The van der Waals surface area contributed by atoms with E-state index in [-0.39, 0.29) is 12.5 Å². The Labute approximate surface area is 158 Å². The van der Waals surface area contributed by atoms with Crippen molar-refractivity contribution in [3.05, 3.63) is 77.0 Å². The second-order valence-corrected chi connectivity index (χ2v) is 7.18. The van der Waals surface area contributed by atoms with Crippen LogP contribution in [0.2, 0.25) is 0 Å². The van der Waals surface area contributed by atoms with Crippen molar-refractivity contribution in [2.75, 3.05) is 5.73 Å². The van der Waals surface area contributed by atoms with Gasteiger partial charge in [0.05, 0.1) is 12.1 Å². The predicted molar refractivity (Wildman–Crippen MR) is 111 cm³/mol. The van der Waals surface area contributed by atoms with Crippen molar-refractivity contribution in [2.24, 2.45) is 0 Å². The standard InChI is InChI=1S/C23H23N3O/c1-14-7-9-16(10-8-14)11-15(2)18-12-25-22-21(19(18)13-27)17-5-3-4-6-20(17)26-23(22)24/h3-10,12,15,27H,11,13H2,1-2H3,(H2,24,26). The summed E-state index contributed by atoms with van der Waals surface area (Å²) in [6.45, 7) is 4.21. The molecule has 0 saturated carbocycles. The third-order valence-electron chi connectivity index (χ3n) is 5.23. The normalized spacial score (nSPS) is 12.6. The van der Waals surface area contributed by atoms with Gasteiger partial charge in [0, 0.05) is 17.0 Å². The third-order valence-corrected chi connectivity index (χ3v) is 5.23. The minimum Gasteiger partial charge on any atom is -0.392 e. The van der Waals surface area contributed by atoms with Crippen LogP contribution in [-0.4, -0.2) is 15.1 Å². The number of nitrogens with zero attached hydrogens (tertiary/aromatic N) is 2. The van der Waals surface area contributed by atoms with Crippen LogP contribution in [0, 0.1) is 6.92 Å². The Hall–Kier alpha value is -2.98. The molecule has 1 unspecified atom stereocenters. The number of aryl methyl sites for hydroxylation is 1. The summed E-state index contributed by atoms with van der Waals surface area (Å²) in [5.74, 6) is 0.621. The Morgan fingerprint density at radius 3 is 2.56 bits per heavy atom. The Morgan fingerprint density at radius 2 is 1.81 bits per heavy atom. The van der Waals surface area contributed by atoms with E-state index in [0.29, 0.717) is 11.3 Å². The van der Waals surface area contributed by atoms with E-state index in [1.807, 2.05) is 30.5 Å². The molecule has 2 aromatic heterocycles. The Balaban J connectivity index is 1.88. The van der Waals surface area contributed by atoms with E-state index < -0.39 is 0 Å². The first-order valence-corrected chi connectivity index (χ1v) is 9.20. The number of benzene rings is 2. The number of rotatable bonds is 4. The van der Waals surface area contributed by atoms with E-state index in [9.17, 15) is 5.11 Å². The Bertz CT molecular complexity index is 1120. The summed E-state index contributed by atoms with van der Waals surface area (Å²) in [6, 6.07) is 16.5. The van der Waals surface area contributed by atoms with Gasteiger partial charge < -0.3 is 10.8 Å². The summed E-state index contributed by atoms with van der Waals surface area (Å²) in [6.07, 6.45) is 2.73. The van der Waals surface area contributed by atoms with Crippen LogP contribution in [0.4, 0.5) is 5.82 Å². The van der Waals surface area contributed by atoms with Gasteiger partial charge in [0.15, 0.2) is 5.82 Å². The number of aliphatic hydroxyl groups excluding tert-OH is 1. The lowest BCUT2D eigenvalue weighted by Crippen LogP contribution is -2.07. The molecule has 2 aromatic carbocycles. The fourth-order valence-electron chi connectivity index (χ4n) is 3.80. The van der Waals surface area contributed by atoms with Crippen molar-refractivity contribution in [1.29, 1.82) is 0 Å². The number of para-hydroxylation sites is 1. The molecule has 0 aliphatic heterocycles. The van der Waals surface area contributed by atoms with Crippen LogP contribution in [0.3, 0.4) is 0 Å². The van der Waals surface area contributed by atoms with E-state index in [0.717, 1.165) is 33.8 Å². The molecular formula is C23H23N3O. The fraction of sp³-hybridized carbons (Fsp3) is 0.217. The van der Waals surface area contributed by atoms with Gasteiger partial charge in [0.1, 0.15) is 5.52 Å². The number of anilines is 1. The second-order valence-electron chi connectivity index (χ2n) is 7.18. The molecule has 0 bridgehead atoms. The van der Waals surface area contributed by atoms with Crippen molar-refractivity contribution in [1.82, 2.24) is 9.97 Å². The summed E-state index contributed by atoms with van der Waals surface area (Å²) >= 11 is 0. The first-order valence-electron chi connectivity index (χ1n) is 9.20. The van der Waals surface area contributed by atoms with Crippen LogP contribution < -0.4 is 5.73 Å². The molecule has 0 saturated heterocycles. The van der Waals surface area contributed by atoms with Gasteiger partial charge in [-0.3, -0.25) is 4.98 Å². The quantitative estimate of drug-likeness (QED) is 0.527. The summed E-state index contributed by atoms with van der Waals surface area (Å²) < 4.78 is 0. The van der Waals surface area contributed by atoms with Crippen molar-refractivity contribution >= 4 is 27.6 Å². The zero-order chi connectivity index (χ0) is 19.0. The summed E-state index contributed by atoms with van der Waals surface area (Å²) in [5, 5.41) is 12.1. The smallest absolute Gasteiger partial charge is 0.150 e. The molecule has 1 atom stereocenters. The highest BCUT2D eigenvalue weighted by molar-refractivity contribution is 6.09.